The summed E-state index contributed by atoms with van der Waals surface area (Å²) in [6, 6.07) is 6.87. The number of nitrogens with two attached hydrogens (primary N) is 1. The molecular weight excluding hydrogens is 228 g/mol. The Morgan fingerprint density at radius 2 is 2.22 bits per heavy atom. The number of methoxy groups -OCH3 is 1. The molecule has 0 aliphatic heterocycles. The Morgan fingerprint density at radius 3 is 2.83 bits per heavy atom. The zero-order chi connectivity index (χ0) is 13.5. The Balaban J connectivity index is 2.73. The Hall–Kier alpha value is -1.81. The van der Waals surface area contributed by atoms with E-state index in [1.54, 1.807) is 13.2 Å². The summed E-state index contributed by atoms with van der Waals surface area (Å²) in [6.07, 6.45) is 2.10. The number of carbonyl (C=O) groups excluding carboxylic acids is 1. The number of benzene rings is 1. The molecule has 0 heterocycles. The van der Waals surface area contributed by atoms with Crippen molar-refractivity contribution in [2.75, 3.05) is 7.11 Å². The van der Waals surface area contributed by atoms with Gasteiger partial charge in [0.1, 0.15) is 5.75 Å². The Labute approximate surface area is 108 Å². The lowest BCUT2D eigenvalue weighted by Crippen LogP contribution is -2.41. The van der Waals surface area contributed by atoms with E-state index >= 15 is 0 Å². The van der Waals surface area contributed by atoms with Gasteiger partial charge in [0.15, 0.2) is 0 Å². The molecule has 0 spiro atoms. The van der Waals surface area contributed by atoms with Crippen LogP contribution in [0.4, 0.5) is 0 Å². The van der Waals surface area contributed by atoms with Crippen LogP contribution in [0.25, 0.3) is 0 Å². The highest BCUT2D eigenvalue weighted by molar-refractivity contribution is 5.82. The number of carbonyl (C=O) groups is 1. The molecule has 1 aromatic rings. The summed E-state index contributed by atoms with van der Waals surface area (Å²) in [5.74, 6) is 0.566. The summed E-state index contributed by atoms with van der Waals surface area (Å²) >= 11 is 0. The minimum Gasteiger partial charge on any atom is -0.496 e. The van der Waals surface area contributed by atoms with Gasteiger partial charge in [-0.05, 0) is 19.4 Å². The SMILES string of the molecule is C=CCC(N)C(=O)N[C@@H](C)c1ccccc1OC. The largest absolute Gasteiger partial charge is 0.496 e. The van der Waals surface area contributed by atoms with Crippen molar-refractivity contribution < 1.29 is 9.53 Å². The quantitative estimate of drug-likeness (QED) is 0.754. The van der Waals surface area contributed by atoms with Gasteiger partial charge in [-0.3, -0.25) is 4.79 Å². The lowest BCUT2D eigenvalue weighted by atomic mass is 10.1. The number of amides is 1. The first-order valence-electron chi connectivity index (χ1n) is 5.90. The van der Waals surface area contributed by atoms with E-state index in [1.165, 1.54) is 0 Å². The van der Waals surface area contributed by atoms with E-state index in [1.807, 2.05) is 31.2 Å². The maximum Gasteiger partial charge on any atom is 0.237 e. The maximum atomic E-state index is 11.8. The van der Waals surface area contributed by atoms with Gasteiger partial charge in [-0.2, -0.15) is 0 Å². The zero-order valence-corrected chi connectivity index (χ0v) is 10.8. The molecule has 0 bridgehead atoms. The van der Waals surface area contributed by atoms with Gasteiger partial charge in [-0.1, -0.05) is 24.3 Å². The van der Waals surface area contributed by atoms with Crippen molar-refractivity contribution in [2.24, 2.45) is 5.73 Å². The standard InChI is InChI=1S/C14H20N2O2/c1-4-7-12(15)14(17)16-10(2)11-8-5-6-9-13(11)18-3/h4-6,8-10,12H,1,7,15H2,2-3H3,(H,16,17)/t10-,12?/m0/s1. The molecule has 1 amide bonds. The molecule has 1 rings (SSSR count). The molecule has 0 fully saturated rings. The Bertz CT molecular complexity index is 418. The van der Waals surface area contributed by atoms with Crippen molar-refractivity contribution in [1.82, 2.24) is 5.32 Å². The van der Waals surface area contributed by atoms with Gasteiger partial charge in [0, 0.05) is 5.56 Å². The highest BCUT2D eigenvalue weighted by atomic mass is 16.5. The van der Waals surface area contributed by atoms with Crippen molar-refractivity contribution in [3.05, 3.63) is 42.5 Å². The van der Waals surface area contributed by atoms with Crippen LogP contribution in [0, 0.1) is 0 Å². The van der Waals surface area contributed by atoms with Crippen molar-refractivity contribution in [3.63, 3.8) is 0 Å². The molecule has 0 aliphatic carbocycles. The second-order valence-electron chi connectivity index (χ2n) is 4.10. The van der Waals surface area contributed by atoms with Crippen molar-refractivity contribution in [2.45, 2.75) is 25.4 Å². The predicted molar refractivity (Wildman–Crippen MR) is 72.3 cm³/mol. The zero-order valence-electron chi connectivity index (χ0n) is 10.8. The van der Waals surface area contributed by atoms with Crippen LogP contribution in [0.5, 0.6) is 5.75 Å². The normalized spacial score (nSPS) is 13.5. The van der Waals surface area contributed by atoms with Crippen LogP contribution < -0.4 is 15.8 Å². The molecule has 1 unspecified atom stereocenters. The van der Waals surface area contributed by atoms with Crippen LogP contribution in [0.3, 0.4) is 0 Å². The monoisotopic (exact) mass is 248 g/mol. The molecule has 0 saturated heterocycles. The summed E-state index contributed by atoms with van der Waals surface area (Å²) in [7, 11) is 1.61. The third-order valence-electron chi connectivity index (χ3n) is 2.72. The number of rotatable bonds is 6. The molecule has 0 radical (unpaired) electrons. The molecule has 98 valence electrons. The molecule has 3 N–H and O–H groups in total. The fourth-order valence-corrected chi connectivity index (χ4v) is 1.71. The topological polar surface area (TPSA) is 64.4 Å². The first kappa shape index (κ1) is 14.3. The second-order valence-corrected chi connectivity index (χ2v) is 4.10. The van der Waals surface area contributed by atoms with Gasteiger partial charge in [0.05, 0.1) is 19.2 Å². The first-order valence-corrected chi connectivity index (χ1v) is 5.90. The van der Waals surface area contributed by atoms with Crippen LogP contribution in [-0.2, 0) is 4.79 Å². The van der Waals surface area contributed by atoms with Gasteiger partial charge in [0.2, 0.25) is 5.91 Å². The highest BCUT2D eigenvalue weighted by Crippen LogP contribution is 2.24. The van der Waals surface area contributed by atoms with Gasteiger partial charge >= 0.3 is 0 Å². The maximum absolute atomic E-state index is 11.8. The Morgan fingerprint density at radius 1 is 1.56 bits per heavy atom. The van der Waals surface area contributed by atoms with E-state index in [2.05, 4.69) is 11.9 Å². The Kier molecular flexibility index (Phi) is 5.39. The van der Waals surface area contributed by atoms with Crippen molar-refractivity contribution >= 4 is 5.91 Å². The van der Waals surface area contributed by atoms with E-state index in [9.17, 15) is 4.79 Å². The average molecular weight is 248 g/mol. The van der Waals surface area contributed by atoms with E-state index in [4.69, 9.17) is 10.5 Å². The minimum atomic E-state index is -0.556. The molecule has 0 saturated carbocycles. The molecule has 0 aromatic heterocycles. The molecule has 4 nitrogen and oxygen atoms in total. The highest BCUT2D eigenvalue weighted by Gasteiger charge is 2.17. The van der Waals surface area contributed by atoms with Gasteiger partial charge in [-0.25, -0.2) is 0 Å². The van der Waals surface area contributed by atoms with Crippen LogP contribution in [0.15, 0.2) is 36.9 Å². The fraction of sp³-hybridized carbons (Fsp3) is 0.357. The lowest BCUT2D eigenvalue weighted by molar-refractivity contribution is -0.122. The lowest BCUT2D eigenvalue weighted by Gasteiger charge is -2.19. The van der Waals surface area contributed by atoms with Crippen molar-refractivity contribution in [1.29, 1.82) is 0 Å². The number of nitrogens with one attached hydrogen (secondary N) is 1. The summed E-state index contributed by atoms with van der Waals surface area (Å²) in [5, 5.41) is 2.86. The fourth-order valence-electron chi connectivity index (χ4n) is 1.71. The number of ether oxygens (including phenoxy) is 1. The number of hydrogen-bond acceptors (Lipinski definition) is 3. The van der Waals surface area contributed by atoms with Crippen LogP contribution in [0.2, 0.25) is 0 Å². The molecule has 2 atom stereocenters. The van der Waals surface area contributed by atoms with E-state index in [-0.39, 0.29) is 11.9 Å². The van der Waals surface area contributed by atoms with Crippen LogP contribution in [-0.4, -0.2) is 19.1 Å². The van der Waals surface area contributed by atoms with E-state index in [0.29, 0.717) is 6.42 Å². The predicted octanol–water partition coefficient (Wildman–Crippen LogP) is 1.78. The van der Waals surface area contributed by atoms with Crippen LogP contribution in [0.1, 0.15) is 24.9 Å². The van der Waals surface area contributed by atoms with Crippen molar-refractivity contribution in [3.8, 4) is 5.75 Å². The number of para-hydroxylation sites is 1. The molecule has 4 heteroatoms. The number of hydrogen-bond donors (Lipinski definition) is 2. The minimum absolute atomic E-state index is 0.149. The summed E-state index contributed by atoms with van der Waals surface area (Å²) in [6.45, 7) is 5.47. The van der Waals surface area contributed by atoms with Gasteiger partial charge in [0.25, 0.3) is 0 Å². The van der Waals surface area contributed by atoms with E-state index < -0.39 is 6.04 Å². The summed E-state index contributed by atoms with van der Waals surface area (Å²) in [4.78, 5) is 11.8. The summed E-state index contributed by atoms with van der Waals surface area (Å²) < 4.78 is 5.26. The molecule has 1 aromatic carbocycles. The average Bonchev–Trinajstić information content (AvgIpc) is 2.38. The van der Waals surface area contributed by atoms with Gasteiger partial charge < -0.3 is 15.8 Å². The third-order valence-corrected chi connectivity index (χ3v) is 2.72. The molecule has 0 aliphatic rings. The summed E-state index contributed by atoms with van der Waals surface area (Å²) in [5.41, 5.74) is 6.64. The smallest absolute Gasteiger partial charge is 0.237 e. The first-order chi connectivity index (χ1) is 8.60. The van der Waals surface area contributed by atoms with Crippen LogP contribution >= 0.6 is 0 Å². The second kappa shape index (κ2) is 6.81. The third kappa shape index (κ3) is 3.60. The van der Waals surface area contributed by atoms with E-state index in [0.717, 1.165) is 11.3 Å². The molecular formula is C14H20N2O2. The van der Waals surface area contributed by atoms with Gasteiger partial charge in [-0.15, -0.1) is 6.58 Å². The molecule has 18 heavy (non-hydrogen) atoms.